The molecule has 0 radical (unpaired) electrons. The maximum absolute atomic E-state index is 12.6. The first kappa shape index (κ1) is 31.7. The van der Waals surface area contributed by atoms with Crippen LogP contribution in [-0.2, 0) is 9.59 Å². The summed E-state index contributed by atoms with van der Waals surface area (Å²) in [5.41, 5.74) is 3.76. The van der Waals surface area contributed by atoms with Crippen molar-refractivity contribution in [3.8, 4) is 11.5 Å². The minimum absolute atomic E-state index is 0.00262. The number of carbonyl (C=O) groups is 2. The van der Waals surface area contributed by atoms with Crippen LogP contribution < -0.4 is 19.3 Å². The summed E-state index contributed by atoms with van der Waals surface area (Å²) in [6, 6.07) is 12.0. The Kier molecular flexibility index (Phi) is 12.8. The molecule has 0 aliphatic carbocycles. The molecule has 2 rings (SSSR count). The zero-order valence-electron chi connectivity index (χ0n) is 25.0. The molecular formula is C33H46N2O4. The lowest BCUT2D eigenvalue weighted by molar-refractivity contribution is -0.121. The quantitative estimate of drug-likeness (QED) is 0.168. The number of rotatable bonds is 16. The van der Waals surface area contributed by atoms with E-state index in [1.54, 1.807) is 12.2 Å². The van der Waals surface area contributed by atoms with Gasteiger partial charge < -0.3 is 19.3 Å². The standard InChI is InChI=1S/C33H46N2O4/c1-9-34(10-2)28-17-13-26(32(21-28)38-24(5)6)15-19-30(36)23-31(37)20-16-27-14-18-29(35(11-3)12-4)22-33(27)39-25(7)8/h13-22,24-25H,9-12,23H2,1-8H3. The minimum atomic E-state index is -0.261. The van der Waals surface area contributed by atoms with E-state index in [9.17, 15) is 9.59 Å². The summed E-state index contributed by atoms with van der Waals surface area (Å²) in [6.07, 6.45) is 6.15. The van der Waals surface area contributed by atoms with Crippen LogP contribution in [0, 0.1) is 0 Å². The maximum Gasteiger partial charge on any atom is 0.163 e. The molecule has 0 unspecified atom stereocenters. The Morgan fingerprint density at radius 1 is 0.667 bits per heavy atom. The molecule has 0 N–H and O–H groups in total. The van der Waals surface area contributed by atoms with Crippen molar-refractivity contribution in [1.82, 2.24) is 0 Å². The van der Waals surface area contributed by atoms with Crippen molar-refractivity contribution in [2.75, 3.05) is 36.0 Å². The zero-order chi connectivity index (χ0) is 28.9. The first-order valence-corrected chi connectivity index (χ1v) is 14.1. The summed E-state index contributed by atoms with van der Waals surface area (Å²) in [7, 11) is 0. The SMILES string of the molecule is CCN(CC)c1ccc(C=CC(=O)CC(=O)C=Cc2ccc(N(CC)CC)cc2OC(C)C)c(OC(C)C)c1. The lowest BCUT2D eigenvalue weighted by Crippen LogP contribution is -2.22. The van der Waals surface area contributed by atoms with Crippen molar-refractivity contribution < 1.29 is 19.1 Å². The van der Waals surface area contributed by atoms with Crippen LogP contribution in [0.1, 0.15) is 72.9 Å². The minimum Gasteiger partial charge on any atom is -0.490 e. The van der Waals surface area contributed by atoms with Crippen LogP contribution in [0.5, 0.6) is 11.5 Å². The van der Waals surface area contributed by atoms with Gasteiger partial charge in [-0.2, -0.15) is 0 Å². The Balaban J connectivity index is 2.15. The molecule has 212 valence electrons. The van der Waals surface area contributed by atoms with Gasteiger partial charge in [0.2, 0.25) is 0 Å². The largest absolute Gasteiger partial charge is 0.490 e. The van der Waals surface area contributed by atoms with E-state index in [1.165, 1.54) is 12.2 Å². The highest BCUT2D eigenvalue weighted by Gasteiger charge is 2.12. The smallest absolute Gasteiger partial charge is 0.163 e. The molecule has 2 aromatic carbocycles. The number of hydrogen-bond acceptors (Lipinski definition) is 6. The maximum atomic E-state index is 12.6. The van der Waals surface area contributed by atoms with E-state index in [-0.39, 0.29) is 30.2 Å². The predicted octanol–water partition coefficient (Wildman–Crippen LogP) is 7.21. The second-order valence-corrected chi connectivity index (χ2v) is 9.90. The Bertz CT molecular complexity index is 1050. The summed E-state index contributed by atoms with van der Waals surface area (Å²) in [5.74, 6) is 0.915. The first-order valence-electron chi connectivity index (χ1n) is 14.1. The molecule has 0 bridgehead atoms. The van der Waals surface area contributed by atoms with Crippen LogP contribution in [0.2, 0.25) is 0 Å². The Morgan fingerprint density at radius 2 is 1.03 bits per heavy atom. The molecule has 0 spiro atoms. The number of anilines is 2. The number of benzene rings is 2. The highest BCUT2D eigenvalue weighted by atomic mass is 16.5. The van der Waals surface area contributed by atoms with E-state index >= 15 is 0 Å². The fourth-order valence-corrected chi connectivity index (χ4v) is 4.26. The zero-order valence-corrected chi connectivity index (χ0v) is 25.0. The number of hydrogen-bond donors (Lipinski definition) is 0. The van der Waals surface area contributed by atoms with Gasteiger partial charge in [-0.05, 0) is 104 Å². The van der Waals surface area contributed by atoms with E-state index in [0.717, 1.165) is 60.2 Å². The van der Waals surface area contributed by atoms with Gasteiger partial charge in [0.25, 0.3) is 0 Å². The van der Waals surface area contributed by atoms with Crippen LogP contribution in [0.25, 0.3) is 12.2 Å². The van der Waals surface area contributed by atoms with Gasteiger partial charge in [-0.15, -0.1) is 0 Å². The van der Waals surface area contributed by atoms with Crippen LogP contribution in [-0.4, -0.2) is 50.0 Å². The average molecular weight is 535 g/mol. The average Bonchev–Trinajstić information content (AvgIpc) is 2.88. The molecule has 0 aromatic heterocycles. The van der Waals surface area contributed by atoms with Crippen LogP contribution in [0.3, 0.4) is 0 Å². The molecule has 0 saturated heterocycles. The number of ketones is 2. The molecule has 0 heterocycles. The highest BCUT2D eigenvalue weighted by Crippen LogP contribution is 2.29. The second kappa shape index (κ2) is 15.8. The molecule has 0 atom stereocenters. The lowest BCUT2D eigenvalue weighted by Gasteiger charge is -2.23. The monoisotopic (exact) mass is 534 g/mol. The van der Waals surface area contributed by atoms with Gasteiger partial charge in [0, 0.05) is 60.8 Å². The predicted molar refractivity (Wildman–Crippen MR) is 164 cm³/mol. The van der Waals surface area contributed by atoms with E-state index in [0.29, 0.717) is 0 Å². The Morgan fingerprint density at radius 3 is 1.33 bits per heavy atom. The molecule has 0 amide bonds. The third-order valence-electron chi connectivity index (χ3n) is 6.22. The van der Waals surface area contributed by atoms with Gasteiger partial charge in [0.1, 0.15) is 11.5 Å². The molecule has 6 heteroatoms. The normalized spacial score (nSPS) is 11.5. The fraction of sp³-hybridized carbons (Fsp3) is 0.455. The van der Waals surface area contributed by atoms with Crippen LogP contribution >= 0.6 is 0 Å². The molecule has 6 nitrogen and oxygen atoms in total. The molecule has 0 fully saturated rings. The Hall–Kier alpha value is -3.54. The van der Waals surface area contributed by atoms with Gasteiger partial charge in [-0.1, -0.05) is 0 Å². The second-order valence-electron chi connectivity index (χ2n) is 9.90. The number of carbonyl (C=O) groups excluding carboxylic acids is 2. The van der Waals surface area contributed by atoms with E-state index < -0.39 is 0 Å². The number of ether oxygens (including phenoxy) is 2. The topological polar surface area (TPSA) is 59.1 Å². The van der Waals surface area contributed by atoms with Gasteiger partial charge in [0.15, 0.2) is 11.6 Å². The highest BCUT2D eigenvalue weighted by molar-refractivity contribution is 6.11. The van der Waals surface area contributed by atoms with Crippen molar-refractivity contribution in [3.05, 3.63) is 59.7 Å². The molecule has 0 aliphatic heterocycles. The van der Waals surface area contributed by atoms with E-state index in [2.05, 4.69) is 37.5 Å². The fourth-order valence-electron chi connectivity index (χ4n) is 4.26. The third-order valence-corrected chi connectivity index (χ3v) is 6.22. The van der Waals surface area contributed by atoms with Gasteiger partial charge in [-0.3, -0.25) is 9.59 Å². The van der Waals surface area contributed by atoms with Crippen molar-refractivity contribution >= 4 is 35.1 Å². The van der Waals surface area contributed by atoms with E-state index in [1.807, 2.05) is 64.1 Å². The third kappa shape index (κ3) is 9.93. The van der Waals surface area contributed by atoms with Gasteiger partial charge >= 0.3 is 0 Å². The summed E-state index contributed by atoms with van der Waals surface area (Å²) in [5, 5.41) is 0. The molecular weight excluding hydrogens is 488 g/mol. The van der Waals surface area contributed by atoms with Crippen LogP contribution in [0.4, 0.5) is 11.4 Å². The Labute approximate surface area is 235 Å². The number of nitrogens with zero attached hydrogens (tertiary/aromatic N) is 2. The first-order chi connectivity index (χ1) is 18.6. The molecule has 39 heavy (non-hydrogen) atoms. The van der Waals surface area contributed by atoms with Crippen molar-refractivity contribution in [1.29, 1.82) is 0 Å². The van der Waals surface area contributed by atoms with Crippen LogP contribution in [0.15, 0.2) is 48.6 Å². The lowest BCUT2D eigenvalue weighted by atomic mass is 10.1. The summed E-state index contributed by atoms with van der Waals surface area (Å²) in [4.78, 5) is 29.7. The molecule has 0 saturated carbocycles. The summed E-state index contributed by atoms with van der Waals surface area (Å²) >= 11 is 0. The van der Waals surface area contributed by atoms with Crippen molar-refractivity contribution in [3.63, 3.8) is 0 Å². The number of allylic oxidation sites excluding steroid dienone is 2. The molecule has 2 aromatic rings. The van der Waals surface area contributed by atoms with Gasteiger partial charge in [-0.25, -0.2) is 0 Å². The molecule has 0 aliphatic rings. The summed E-state index contributed by atoms with van der Waals surface area (Å²) < 4.78 is 12.0. The summed E-state index contributed by atoms with van der Waals surface area (Å²) in [6.45, 7) is 19.9. The van der Waals surface area contributed by atoms with Crippen molar-refractivity contribution in [2.24, 2.45) is 0 Å². The van der Waals surface area contributed by atoms with Gasteiger partial charge in [0.05, 0.1) is 18.6 Å². The van der Waals surface area contributed by atoms with E-state index in [4.69, 9.17) is 9.47 Å². The van der Waals surface area contributed by atoms with Crippen molar-refractivity contribution in [2.45, 2.75) is 74.0 Å².